The highest BCUT2D eigenvalue weighted by Gasteiger charge is 2.28. The van der Waals surface area contributed by atoms with Crippen molar-refractivity contribution in [3.05, 3.63) is 0 Å². The van der Waals surface area contributed by atoms with Crippen LogP contribution in [0.4, 0.5) is 0 Å². The minimum absolute atomic E-state index is 0.317. The van der Waals surface area contributed by atoms with E-state index in [4.69, 9.17) is 0 Å². The SMILES string of the molecule is CC(CBr)CNS(=O)(=O)C(C)(C)C. The molecule has 1 unspecified atom stereocenters. The van der Waals surface area contributed by atoms with Crippen LogP contribution < -0.4 is 4.72 Å². The first-order chi connectivity index (χ1) is 5.70. The summed E-state index contributed by atoms with van der Waals surface area (Å²) < 4.78 is 25.0. The van der Waals surface area contributed by atoms with Gasteiger partial charge in [-0.1, -0.05) is 22.9 Å². The average Bonchev–Trinajstić information content (AvgIpc) is 1.98. The van der Waals surface area contributed by atoms with Gasteiger partial charge in [-0.2, -0.15) is 0 Å². The Hall–Kier alpha value is 0.390. The highest BCUT2D eigenvalue weighted by atomic mass is 79.9. The van der Waals surface area contributed by atoms with Crippen molar-refractivity contribution in [3.63, 3.8) is 0 Å². The molecular weight excluding hydrogens is 254 g/mol. The van der Waals surface area contributed by atoms with E-state index in [1.807, 2.05) is 6.92 Å². The van der Waals surface area contributed by atoms with Gasteiger partial charge in [-0.05, 0) is 26.7 Å². The Balaban J connectivity index is 4.22. The highest BCUT2D eigenvalue weighted by molar-refractivity contribution is 9.09. The first kappa shape index (κ1) is 13.4. The maximum absolute atomic E-state index is 11.5. The Morgan fingerprint density at radius 2 is 1.85 bits per heavy atom. The van der Waals surface area contributed by atoms with Gasteiger partial charge in [0.15, 0.2) is 0 Å². The van der Waals surface area contributed by atoms with Gasteiger partial charge in [0.1, 0.15) is 0 Å². The molecule has 0 spiro atoms. The summed E-state index contributed by atoms with van der Waals surface area (Å²) in [5.41, 5.74) is 0. The fourth-order valence-electron chi connectivity index (χ4n) is 0.523. The third-order valence-corrected chi connectivity index (χ3v) is 4.96. The van der Waals surface area contributed by atoms with Crippen LogP contribution in [0, 0.1) is 5.92 Å². The molecule has 13 heavy (non-hydrogen) atoms. The molecule has 0 rings (SSSR count). The quantitative estimate of drug-likeness (QED) is 0.792. The van der Waals surface area contributed by atoms with E-state index in [-0.39, 0.29) is 0 Å². The van der Waals surface area contributed by atoms with E-state index >= 15 is 0 Å². The fourth-order valence-corrected chi connectivity index (χ4v) is 1.69. The third-order valence-electron chi connectivity index (χ3n) is 1.69. The highest BCUT2D eigenvalue weighted by Crippen LogP contribution is 2.13. The van der Waals surface area contributed by atoms with Gasteiger partial charge in [-0.15, -0.1) is 0 Å². The molecule has 1 atom stereocenters. The lowest BCUT2D eigenvalue weighted by molar-refractivity contribution is 0.531. The van der Waals surface area contributed by atoms with Crippen LogP contribution >= 0.6 is 15.9 Å². The lowest BCUT2D eigenvalue weighted by atomic mass is 10.2. The Bertz CT molecular complexity index is 243. The predicted octanol–water partition coefficient (Wildman–Crippen LogP) is 1.74. The van der Waals surface area contributed by atoms with E-state index in [0.717, 1.165) is 5.33 Å². The molecule has 80 valence electrons. The van der Waals surface area contributed by atoms with E-state index in [1.54, 1.807) is 20.8 Å². The Morgan fingerprint density at radius 1 is 1.38 bits per heavy atom. The smallest absolute Gasteiger partial charge is 0.214 e. The monoisotopic (exact) mass is 271 g/mol. The van der Waals surface area contributed by atoms with Crippen LogP contribution in [0.3, 0.4) is 0 Å². The van der Waals surface area contributed by atoms with Crippen molar-refractivity contribution < 1.29 is 8.42 Å². The normalized spacial score (nSPS) is 15.8. The Morgan fingerprint density at radius 3 is 2.15 bits per heavy atom. The standard InChI is InChI=1S/C8H18BrNO2S/c1-7(5-9)6-10-13(11,12)8(2,3)4/h7,10H,5-6H2,1-4H3. The van der Waals surface area contributed by atoms with Crippen LogP contribution in [-0.2, 0) is 10.0 Å². The number of nitrogens with one attached hydrogen (secondary N) is 1. The molecule has 0 aromatic carbocycles. The van der Waals surface area contributed by atoms with E-state index in [1.165, 1.54) is 0 Å². The second-order valence-electron chi connectivity index (χ2n) is 4.22. The van der Waals surface area contributed by atoms with Crippen LogP contribution in [0.15, 0.2) is 0 Å². The summed E-state index contributed by atoms with van der Waals surface area (Å²) in [6, 6.07) is 0. The maximum Gasteiger partial charge on any atom is 0.216 e. The number of halogens is 1. The zero-order valence-electron chi connectivity index (χ0n) is 8.59. The summed E-state index contributed by atoms with van der Waals surface area (Å²) in [7, 11) is -3.17. The van der Waals surface area contributed by atoms with Crippen LogP contribution in [0.5, 0.6) is 0 Å². The molecule has 0 aromatic rings. The van der Waals surface area contributed by atoms with Gasteiger partial charge in [-0.25, -0.2) is 13.1 Å². The molecule has 0 aromatic heterocycles. The molecule has 0 saturated heterocycles. The maximum atomic E-state index is 11.5. The number of hydrogen-bond acceptors (Lipinski definition) is 2. The number of alkyl halides is 1. The minimum atomic E-state index is -3.17. The lowest BCUT2D eigenvalue weighted by Crippen LogP contribution is -2.41. The fraction of sp³-hybridized carbons (Fsp3) is 1.00. The third kappa shape index (κ3) is 4.42. The molecule has 0 saturated carbocycles. The topological polar surface area (TPSA) is 46.2 Å². The number of hydrogen-bond donors (Lipinski definition) is 1. The van der Waals surface area contributed by atoms with Gasteiger partial charge in [0.25, 0.3) is 0 Å². The summed E-state index contributed by atoms with van der Waals surface area (Å²) in [4.78, 5) is 0. The zero-order valence-corrected chi connectivity index (χ0v) is 11.0. The Labute approximate surface area is 89.5 Å². The molecule has 0 amide bonds. The van der Waals surface area contributed by atoms with Gasteiger partial charge in [0.2, 0.25) is 10.0 Å². The molecule has 0 heterocycles. The van der Waals surface area contributed by atoms with Crippen molar-refractivity contribution in [2.45, 2.75) is 32.4 Å². The van der Waals surface area contributed by atoms with Crippen molar-refractivity contribution in [2.75, 3.05) is 11.9 Å². The molecule has 0 aliphatic carbocycles. The first-order valence-electron chi connectivity index (χ1n) is 4.26. The predicted molar refractivity (Wildman–Crippen MR) is 59.6 cm³/mol. The van der Waals surface area contributed by atoms with E-state index < -0.39 is 14.8 Å². The largest absolute Gasteiger partial charge is 0.216 e. The summed E-state index contributed by atoms with van der Waals surface area (Å²) in [6.07, 6.45) is 0. The zero-order chi connectivity index (χ0) is 10.7. The molecule has 0 bridgehead atoms. The van der Waals surface area contributed by atoms with Gasteiger partial charge < -0.3 is 0 Å². The number of sulfonamides is 1. The molecule has 0 fully saturated rings. The summed E-state index contributed by atoms with van der Waals surface area (Å²) in [6.45, 7) is 7.54. The second kappa shape index (κ2) is 4.75. The molecule has 1 N–H and O–H groups in total. The summed E-state index contributed by atoms with van der Waals surface area (Å²) in [5, 5.41) is 0.805. The molecule has 5 heteroatoms. The van der Waals surface area contributed by atoms with E-state index in [9.17, 15) is 8.42 Å². The minimum Gasteiger partial charge on any atom is -0.214 e. The summed E-state index contributed by atoms with van der Waals surface area (Å²) in [5.74, 6) is 0.317. The van der Waals surface area contributed by atoms with Crippen LogP contribution in [0.1, 0.15) is 27.7 Å². The van der Waals surface area contributed by atoms with Crippen molar-refractivity contribution in [3.8, 4) is 0 Å². The molecular formula is C8H18BrNO2S. The van der Waals surface area contributed by atoms with Gasteiger partial charge in [0, 0.05) is 11.9 Å². The molecule has 3 nitrogen and oxygen atoms in total. The molecule has 0 aliphatic heterocycles. The van der Waals surface area contributed by atoms with Crippen molar-refractivity contribution in [2.24, 2.45) is 5.92 Å². The van der Waals surface area contributed by atoms with Crippen LogP contribution in [-0.4, -0.2) is 25.0 Å². The van der Waals surface area contributed by atoms with Crippen molar-refractivity contribution in [1.29, 1.82) is 0 Å². The Kier molecular flexibility index (Phi) is 4.90. The van der Waals surface area contributed by atoms with Crippen LogP contribution in [0.25, 0.3) is 0 Å². The summed E-state index contributed by atoms with van der Waals surface area (Å²) >= 11 is 3.30. The first-order valence-corrected chi connectivity index (χ1v) is 6.86. The van der Waals surface area contributed by atoms with Gasteiger partial charge in [0.05, 0.1) is 4.75 Å². The van der Waals surface area contributed by atoms with E-state index in [0.29, 0.717) is 12.5 Å². The van der Waals surface area contributed by atoms with Gasteiger partial charge in [-0.3, -0.25) is 0 Å². The lowest BCUT2D eigenvalue weighted by Gasteiger charge is -2.20. The van der Waals surface area contributed by atoms with Crippen LogP contribution in [0.2, 0.25) is 0 Å². The number of rotatable bonds is 4. The van der Waals surface area contributed by atoms with Crippen molar-refractivity contribution in [1.82, 2.24) is 4.72 Å². The van der Waals surface area contributed by atoms with E-state index in [2.05, 4.69) is 20.7 Å². The van der Waals surface area contributed by atoms with Crippen molar-refractivity contribution >= 4 is 26.0 Å². The molecule has 0 radical (unpaired) electrons. The van der Waals surface area contributed by atoms with Gasteiger partial charge >= 0.3 is 0 Å². The average molecular weight is 272 g/mol. The molecule has 0 aliphatic rings. The second-order valence-corrected chi connectivity index (χ2v) is 7.39.